The highest BCUT2D eigenvalue weighted by Crippen LogP contribution is 2.43. The summed E-state index contributed by atoms with van der Waals surface area (Å²) in [7, 11) is 2.12. The molecule has 128 valence electrons. The van der Waals surface area contributed by atoms with Crippen molar-refractivity contribution in [2.45, 2.75) is 6.92 Å². The van der Waals surface area contributed by atoms with Gasteiger partial charge in [0.25, 0.3) is 0 Å². The van der Waals surface area contributed by atoms with Crippen molar-refractivity contribution in [3.63, 3.8) is 0 Å². The van der Waals surface area contributed by atoms with Crippen LogP contribution in [0, 0.1) is 6.92 Å². The van der Waals surface area contributed by atoms with Crippen molar-refractivity contribution in [3.05, 3.63) is 84.6 Å². The molecule has 3 heterocycles. The monoisotopic (exact) mass is 347 g/mol. The molecule has 0 aliphatic heterocycles. The first kappa shape index (κ1) is 14.7. The largest absolute Gasteiger partial charge is 0.308 e. The molecular formula is C25H19N2+. The van der Waals surface area contributed by atoms with Gasteiger partial charge in [0.05, 0.1) is 22.1 Å². The maximum absolute atomic E-state index is 2.44. The van der Waals surface area contributed by atoms with Gasteiger partial charge >= 0.3 is 0 Å². The molecule has 0 aliphatic carbocycles. The van der Waals surface area contributed by atoms with Gasteiger partial charge in [-0.3, -0.25) is 0 Å². The van der Waals surface area contributed by atoms with Gasteiger partial charge in [-0.15, -0.1) is 0 Å². The summed E-state index contributed by atoms with van der Waals surface area (Å²) < 4.78 is 4.65. The van der Waals surface area contributed by atoms with Gasteiger partial charge in [-0.25, -0.2) is 4.57 Å². The van der Waals surface area contributed by atoms with Crippen molar-refractivity contribution >= 4 is 38.1 Å². The first-order valence-electron chi connectivity index (χ1n) is 9.37. The molecule has 0 radical (unpaired) electrons. The average molecular weight is 347 g/mol. The molecule has 3 aromatic carbocycles. The normalized spacial score (nSPS) is 12.1. The molecule has 0 atom stereocenters. The number of nitrogens with zero attached hydrogens (tertiary/aromatic N) is 2. The second-order valence-corrected chi connectivity index (χ2v) is 7.39. The fourth-order valence-corrected chi connectivity index (χ4v) is 4.75. The lowest BCUT2D eigenvalue weighted by Gasteiger charge is -2.07. The third-order valence-corrected chi connectivity index (χ3v) is 5.96. The van der Waals surface area contributed by atoms with Crippen LogP contribution in [-0.2, 0) is 7.05 Å². The number of hydrogen-bond acceptors (Lipinski definition) is 0. The highest BCUT2D eigenvalue weighted by Gasteiger charge is 2.23. The third-order valence-electron chi connectivity index (χ3n) is 5.96. The van der Waals surface area contributed by atoms with Crippen LogP contribution in [0.2, 0.25) is 0 Å². The van der Waals surface area contributed by atoms with E-state index in [0.717, 1.165) is 0 Å². The maximum atomic E-state index is 2.44. The lowest BCUT2D eigenvalue weighted by atomic mass is 9.96. The Balaban J connectivity index is 1.95. The van der Waals surface area contributed by atoms with Gasteiger partial charge in [-0.1, -0.05) is 36.4 Å². The second-order valence-electron chi connectivity index (χ2n) is 7.39. The zero-order valence-corrected chi connectivity index (χ0v) is 15.4. The van der Waals surface area contributed by atoms with Gasteiger partial charge in [0.1, 0.15) is 7.05 Å². The van der Waals surface area contributed by atoms with Crippen molar-refractivity contribution in [2.24, 2.45) is 7.05 Å². The molecule has 6 aromatic rings. The number of aromatic nitrogens is 2. The van der Waals surface area contributed by atoms with Crippen LogP contribution in [0.1, 0.15) is 5.56 Å². The fraction of sp³-hybridized carbons (Fsp3) is 0.0800. The standard InChI is InChI=1S/C25H19N2/c1-16-19(21-11-7-8-14-26(21)2)15-20-17-9-3-5-12-22(17)27-23-13-6-4-10-18(23)24(16)25(20)27/h3-15H,1-2H3/q+1. The summed E-state index contributed by atoms with van der Waals surface area (Å²) in [5.41, 5.74) is 7.81. The van der Waals surface area contributed by atoms with Crippen LogP contribution in [0.25, 0.3) is 49.4 Å². The van der Waals surface area contributed by atoms with Crippen LogP contribution >= 0.6 is 0 Å². The van der Waals surface area contributed by atoms with E-state index in [1.165, 1.54) is 54.9 Å². The minimum Gasteiger partial charge on any atom is -0.308 e. The van der Waals surface area contributed by atoms with E-state index in [1.807, 2.05) is 0 Å². The molecule has 0 saturated carbocycles. The molecule has 2 nitrogen and oxygen atoms in total. The topological polar surface area (TPSA) is 8.29 Å². The predicted molar refractivity (Wildman–Crippen MR) is 112 cm³/mol. The molecule has 3 aromatic heterocycles. The Hall–Kier alpha value is -3.39. The number of pyridine rings is 1. The SMILES string of the molecule is Cc1c(-c2cccc[n+]2C)cc2c3ccccc3n3c4ccccc4c1c23. The van der Waals surface area contributed by atoms with Crippen LogP contribution in [0.15, 0.2) is 79.0 Å². The van der Waals surface area contributed by atoms with Crippen LogP contribution in [0.4, 0.5) is 0 Å². The summed E-state index contributed by atoms with van der Waals surface area (Å²) in [5, 5.41) is 5.36. The van der Waals surface area contributed by atoms with Gasteiger partial charge in [0.2, 0.25) is 5.69 Å². The molecule has 2 heteroatoms. The van der Waals surface area contributed by atoms with Gasteiger partial charge in [0.15, 0.2) is 6.20 Å². The summed E-state index contributed by atoms with van der Waals surface area (Å²) in [4.78, 5) is 0. The van der Waals surface area contributed by atoms with E-state index in [0.29, 0.717) is 0 Å². The molecular weight excluding hydrogens is 328 g/mol. The van der Waals surface area contributed by atoms with Crippen molar-refractivity contribution in [1.29, 1.82) is 0 Å². The maximum Gasteiger partial charge on any atom is 0.212 e. The zero-order chi connectivity index (χ0) is 18.1. The first-order chi connectivity index (χ1) is 13.3. The third kappa shape index (κ3) is 1.77. The zero-order valence-electron chi connectivity index (χ0n) is 15.4. The van der Waals surface area contributed by atoms with E-state index in [9.17, 15) is 0 Å². The molecule has 27 heavy (non-hydrogen) atoms. The Morgan fingerprint density at radius 1 is 0.741 bits per heavy atom. The van der Waals surface area contributed by atoms with E-state index in [-0.39, 0.29) is 0 Å². The number of fused-ring (bicyclic) bond motifs is 6. The predicted octanol–water partition coefficient (Wildman–Crippen LogP) is 5.64. The smallest absolute Gasteiger partial charge is 0.212 e. The Morgan fingerprint density at radius 3 is 2.19 bits per heavy atom. The number of hydrogen-bond donors (Lipinski definition) is 0. The van der Waals surface area contributed by atoms with Crippen LogP contribution < -0.4 is 4.57 Å². The minimum atomic E-state index is 1.24. The molecule has 6 rings (SSSR count). The molecule has 0 unspecified atom stereocenters. The molecule has 0 aliphatic rings. The second kappa shape index (κ2) is 5.08. The summed E-state index contributed by atoms with van der Waals surface area (Å²) in [6.07, 6.45) is 2.12. The quantitative estimate of drug-likeness (QED) is 0.340. The lowest BCUT2D eigenvalue weighted by Crippen LogP contribution is -2.30. The molecule has 0 amide bonds. The van der Waals surface area contributed by atoms with Gasteiger partial charge < -0.3 is 4.40 Å². The molecule has 0 spiro atoms. The Morgan fingerprint density at radius 2 is 1.41 bits per heavy atom. The summed E-state index contributed by atoms with van der Waals surface area (Å²) in [5.74, 6) is 0. The van der Waals surface area contributed by atoms with Gasteiger partial charge in [-0.05, 0) is 36.8 Å². The number of benzene rings is 3. The number of rotatable bonds is 1. The Kier molecular flexibility index (Phi) is 2.77. The lowest BCUT2D eigenvalue weighted by molar-refractivity contribution is -0.660. The fourth-order valence-electron chi connectivity index (χ4n) is 4.75. The molecule has 0 N–H and O–H groups in total. The minimum absolute atomic E-state index is 1.24. The number of aryl methyl sites for hydroxylation is 2. The Labute approximate surface area is 157 Å². The molecule has 0 bridgehead atoms. The van der Waals surface area contributed by atoms with E-state index < -0.39 is 0 Å². The van der Waals surface area contributed by atoms with Crippen LogP contribution in [0.3, 0.4) is 0 Å². The highest BCUT2D eigenvalue weighted by molar-refractivity contribution is 6.25. The van der Waals surface area contributed by atoms with Crippen molar-refractivity contribution in [1.82, 2.24) is 4.40 Å². The van der Waals surface area contributed by atoms with Crippen molar-refractivity contribution in [2.75, 3.05) is 0 Å². The first-order valence-corrected chi connectivity index (χ1v) is 9.37. The summed E-state index contributed by atoms with van der Waals surface area (Å²) in [6, 6.07) is 26.3. The van der Waals surface area contributed by atoms with E-state index in [2.05, 4.69) is 102 Å². The van der Waals surface area contributed by atoms with Crippen LogP contribution in [0.5, 0.6) is 0 Å². The molecule has 0 fully saturated rings. The number of para-hydroxylation sites is 2. The highest BCUT2D eigenvalue weighted by atomic mass is 14.9. The van der Waals surface area contributed by atoms with Crippen molar-refractivity contribution < 1.29 is 4.57 Å². The van der Waals surface area contributed by atoms with Gasteiger partial charge in [0, 0.05) is 33.7 Å². The van der Waals surface area contributed by atoms with Gasteiger partial charge in [-0.2, -0.15) is 0 Å². The van der Waals surface area contributed by atoms with Crippen molar-refractivity contribution in [3.8, 4) is 11.3 Å². The summed E-state index contributed by atoms with van der Waals surface area (Å²) >= 11 is 0. The van der Waals surface area contributed by atoms with E-state index >= 15 is 0 Å². The Bertz CT molecular complexity index is 1490. The average Bonchev–Trinajstić information content (AvgIpc) is 3.21. The van der Waals surface area contributed by atoms with E-state index in [1.54, 1.807) is 0 Å². The molecule has 0 saturated heterocycles. The summed E-state index contributed by atoms with van der Waals surface area (Å²) in [6.45, 7) is 2.27. The van der Waals surface area contributed by atoms with Crippen LogP contribution in [-0.4, -0.2) is 4.40 Å². The van der Waals surface area contributed by atoms with E-state index in [4.69, 9.17) is 0 Å².